The van der Waals surface area contributed by atoms with Gasteiger partial charge in [0.15, 0.2) is 0 Å². The molecule has 154 valence electrons. The summed E-state index contributed by atoms with van der Waals surface area (Å²) < 4.78 is 18.5. The monoisotopic (exact) mass is 398 g/mol. The van der Waals surface area contributed by atoms with Gasteiger partial charge in [-0.3, -0.25) is 10.1 Å². The van der Waals surface area contributed by atoms with Crippen LogP contribution in [0.15, 0.2) is 54.6 Å². The molecule has 1 aliphatic rings. The van der Waals surface area contributed by atoms with Crippen molar-refractivity contribution in [1.29, 1.82) is 0 Å². The third-order valence-electron chi connectivity index (χ3n) is 5.26. The van der Waals surface area contributed by atoms with Crippen molar-refractivity contribution in [2.24, 2.45) is 0 Å². The van der Waals surface area contributed by atoms with Crippen LogP contribution in [0.1, 0.15) is 50.5 Å². The van der Waals surface area contributed by atoms with Crippen molar-refractivity contribution in [3.8, 4) is 0 Å². The lowest BCUT2D eigenvalue weighted by Gasteiger charge is -2.30. The van der Waals surface area contributed by atoms with Crippen LogP contribution >= 0.6 is 0 Å². The molecule has 2 aromatic rings. The number of amides is 2. The van der Waals surface area contributed by atoms with E-state index in [1.807, 2.05) is 37.3 Å². The summed E-state index contributed by atoms with van der Waals surface area (Å²) in [6, 6.07) is 15.3. The van der Waals surface area contributed by atoms with Crippen molar-refractivity contribution in [3.05, 3.63) is 66.0 Å². The Bertz CT molecular complexity index is 811. The third kappa shape index (κ3) is 6.04. The molecule has 0 unspecified atom stereocenters. The highest BCUT2D eigenvalue weighted by molar-refractivity contribution is 5.85. The zero-order valence-electron chi connectivity index (χ0n) is 16.6. The first kappa shape index (κ1) is 20.8. The Labute approximate surface area is 170 Å². The van der Waals surface area contributed by atoms with Gasteiger partial charge in [0, 0.05) is 18.2 Å². The molecule has 3 rings (SSSR count). The fourth-order valence-corrected chi connectivity index (χ4v) is 3.77. The van der Waals surface area contributed by atoms with Crippen LogP contribution in [-0.2, 0) is 9.53 Å². The zero-order valence-corrected chi connectivity index (χ0v) is 16.6. The van der Waals surface area contributed by atoms with E-state index in [1.165, 1.54) is 24.3 Å². The summed E-state index contributed by atoms with van der Waals surface area (Å²) in [7, 11) is 0. The molecule has 0 aliphatic heterocycles. The maximum Gasteiger partial charge on any atom is 0.411 e. The second kappa shape index (κ2) is 10.0. The van der Waals surface area contributed by atoms with E-state index in [0.29, 0.717) is 12.1 Å². The van der Waals surface area contributed by atoms with Crippen molar-refractivity contribution in [1.82, 2.24) is 5.32 Å². The molecule has 0 heterocycles. The Balaban J connectivity index is 1.51. The smallest absolute Gasteiger partial charge is 0.411 e. The number of carbonyl (C=O) groups excluding carboxylic acids is 2. The Morgan fingerprint density at radius 1 is 1.10 bits per heavy atom. The largest absolute Gasteiger partial charge is 0.446 e. The van der Waals surface area contributed by atoms with Crippen LogP contribution in [0.4, 0.5) is 14.9 Å². The lowest BCUT2D eigenvalue weighted by molar-refractivity contribution is -0.123. The highest BCUT2D eigenvalue weighted by Gasteiger charge is 2.28. The van der Waals surface area contributed by atoms with Gasteiger partial charge in [0.2, 0.25) is 5.91 Å². The van der Waals surface area contributed by atoms with Gasteiger partial charge in [0.05, 0.1) is 5.92 Å². The van der Waals surface area contributed by atoms with Gasteiger partial charge in [0.1, 0.15) is 11.9 Å². The first-order valence-electron chi connectivity index (χ1n) is 10.1. The molecule has 6 heteroatoms. The minimum Gasteiger partial charge on any atom is -0.446 e. The number of carbonyl (C=O) groups is 2. The van der Waals surface area contributed by atoms with Crippen LogP contribution in [-0.4, -0.2) is 24.1 Å². The number of ether oxygens (including phenoxy) is 1. The lowest BCUT2D eigenvalue weighted by atomic mass is 9.91. The number of benzene rings is 2. The van der Waals surface area contributed by atoms with E-state index >= 15 is 0 Å². The molecular weight excluding hydrogens is 371 g/mol. The van der Waals surface area contributed by atoms with Crippen molar-refractivity contribution in [3.63, 3.8) is 0 Å². The zero-order chi connectivity index (χ0) is 20.6. The number of rotatable bonds is 6. The van der Waals surface area contributed by atoms with E-state index in [9.17, 15) is 14.0 Å². The second-order valence-corrected chi connectivity index (χ2v) is 7.40. The van der Waals surface area contributed by atoms with Gasteiger partial charge in [-0.1, -0.05) is 37.3 Å². The normalized spacial score (nSPS) is 19.8. The average Bonchev–Trinajstić information content (AvgIpc) is 2.71. The third-order valence-corrected chi connectivity index (χ3v) is 5.26. The van der Waals surface area contributed by atoms with Crippen molar-refractivity contribution >= 4 is 17.7 Å². The first-order valence-corrected chi connectivity index (χ1v) is 10.1. The molecule has 0 saturated heterocycles. The summed E-state index contributed by atoms with van der Waals surface area (Å²) in [6.45, 7) is 2.00. The van der Waals surface area contributed by atoms with Crippen molar-refractivity contribution < 1.29 is 18.7 Å². The number of halogens is 1. The number of anilines is 1. The molecule has 2 amide bonds. The summed E-state index contributed by atoms with van der Waals surface area (Å²) in [5.74, 6) is -0.532. The van der Waals surface area contributed by atoms with Crippen LogP contribution in [0.25, 0.3) is 0 Å². The summed E-state index contributed by atoms with van der Waals surface area (Å²) in [4.78, 5) is 24.9. The van der Waals surface area contributed by atoms with E-state index in [2.05, 4.69) is 10.6 Å². The molecule has 29 heavy (non-hydrogen) atoms. The molecule has 1 fully saturated rings. The summed E-state index contributed by atoms with van der Waals surface area (Å²) in [6.07, 6.45) is 3.00. The van der Waals surface area contributed by atoms with Gasteiger partial charge in [-0.25, -0.2) is 9.18 Å². The molecule has 1 saturated carbocycles. The predicted molar refractivity (Wildman–Crippen MR) is 110 cm³/mol. The maximum absolute atomic E-state index is 13.0. The van der Waals surface area contributed by atoms with Gasteiger partial charge in [0.25, 0.3) is 0 Å². The predicted octanol–water partition coefficient (Wildman–Crippen LogP) is 5.00. The summed E-state index contributed by atoms with van der Waals surface area (Å²) >= 11 is 0. The molecule has 1 aliphatic carbocycles. The molecule has 0 radical (unpaired) electrons. The van der Waals surface area contributed by atoms with Gasteiger partial charge in [-0.05, 0) is 55.5 Å². The molecular formula is C23H27FN2O3. The number of hydrogen-bond donors (Lipinski definition) is 2. The molecule has 0 spiro atoms. The van der Waals surface area contributed by atoms with Gasteiger partial charge >= 0.3 is 6.09 Å². The van der Waals surface area contributed by atoms with Gasteiger partial charge < -0.3 is 10.1 Å². The number of nitrogens with one attached hydrogen (secondary N) is 2. The highest BCUT2D eigenvalue weighted by Crippen LogP contribution is 2.24. The van der Waals surface area contributed by atoms with Gasteiger partial charge in [-0.2, -0.15) is 0 Å². The fourth-order valence-electron chi connectivity index (χ4n) is 3.77. The SMILES string of the molecule is CC[C@H](C(=O)N[C@H]1CCC[C@@H](OC(=O)Nc2ccc(F)cc2)C1)c1ccccc1. The highest BCUT2D eigenvalue weighted by atomic mass is 19.1. The lowest BCUT2D eigenvalue weighted by Crippen LogP contribution is -2.43. The maximum atomic E-state index is 13.0. The molecule has 3 atom stereocenters. The van der Waals surface area contributed by atoms with E-state index in [4.69, 9.17) is 4.74 Å². The van der Waals surface area contributed by atoms with E-state index in [1.54, 1.807) is 0 Å². The van der Waals surface area contributed by atoms with Crippen molar-refractivity contribution in [2.45, 2.75) is 57.1 Å². The van der Waals surface area contributed by atoms with Crippen LogP contribution in [0.5, 0.6) is 0 Å². The topological polar surface area (TPSA) is 67.4 Å². The number of hydrogen-bond acceptors (Lipinski definition) is 3. The van der Waals surface area contributed by atoms with Crippen LogP contribution in [0.2, 0.25) is 0 Å². The van der Waals surface area contributed by atoms with Crippen LogP contribution in [0.3, 0.4) is 0 Å². The van der Waals surface area contributed by atoms with Crippen molar-refractivity contribution in [2.75, 3.05) is 5.32 Å². The van der Waals surface area contributed by atoms with Crippen LogP contribution < -0.4 is 10.6 Å². The van der Waals surface area contributed by atoms with Gasteiger partial charge in [-0.15, -0.1) is 0 Å². The first-order chi connectivity index (χ1) is 14.0. The van der Waals surface area contributed by atoms with E-state index < -0.39 is 6.09 Å². The molecule has 0 aromatic heterocycles. The Morgan fingerprint density at radius 2 is 1.83 bits per heavy atom. The van der Waals surface area contributed by atoms with Crippen LogP contribution in [0, 0.1) is 5.82 Å². The molecule has 2 N–H and O–H groups in total. The summed E-state index contributed by atoms with van der Waals surface area (Å²) in [5, 5.41) is 5.74. The molecule has 5 nitrogen and oxygen atoms in total. The van der Waals surface area contributed by atoms with E-state index in [0.717, 1.165) is 31.2 Å². The molecule has 0 bridgehead atoms. The summed E-state index contributed by atoms with van der Waals surface area (Å²) in [5.41, 5.74) is 1.49. The Morgan fingerprint density at radius 3 is 2.52 bits per heavy atom. The molecule has 2 aromatic carbocycles. The standard InChI is InChI=1S/C23H27FN2O3/c1-2-21(16-7-4-3-5-8-16)22(27)25-19-9-6-10-20(15-19)29-23(28)26-18-13-11-17(24)12-14-18/h3-5,7-8,11-14,19-21H,2,6,9-10,15H2,1H3,(H,25,27)(H,26,28)/t19-,20+,21-/m0/s1. The quantitative estimate of drug-likeness (QED) is 0.720. The Hall–Kier alpha value is -2.89. The Kier molecular flexibility index (Phi) is 7.22. The minimum absolute atomic E-state index is 0.0140. The average molecular weight is 398 g/mol. The second-order valence-electron chi connectivity index (χ2n) is 7.40. The fraction of sp³-hybridized carbons (Fsp3) is 0.391. The minimum atomic E-state index is -0.565. The van der Waals surface area contributed by atoms with E-state index in [-0.39, 0.29) is 29.8 Å².